The summed E-state index contributed by atoms with van der Waals surface area (Å²) in [5.74, 6) is 0.687. The quantitative estimate of drug-likeness (QED) is 0.679. The Kier molecular flexibility index (Phi) is 1.86. The molecule has 2 aromatic rings. The van der Waals surface area contributed by atoms with E-state index in [-0.39, 0.29) is 0 Å². The van der Waals surface area contributed by atoms with Crippen LogP contribution in [-0.2, 0) is 7.05 Å². The second kappa shape index (κ2) is 3.04. The van der Waals surface area contributed by atoms with E-state index in [1.54, 1.807) is 25.6 Å². The van der Waals surface area contributed by atoms with Crippen LogP contribution in [0.4, 0.5) is 0 Å². The van der Waals surface area contributed by atoms with Crippen LogP contribution in [-0.4, -0.2) is 16.7 Å². The second-order valence-electron chi connectivity index (χ2n) is 2.98. The lowest BCUT2D eigenvalue weighted by molar-refractivity contribution is 0.419. The number of aromatic nitrogens is 2. The molecule has 0 N–H and O–H groups in total. The summed E-state index contributed by atoms with van der Waals surface area (Å²) in [5, 5.41) is 9.70. The number of aryl methyl sites for hydroxylation is 1. The van der Waals surface area contributed by atoms with Gasteiger partial charge in [0.25, 0.3) is 0 Å². The molecule has 70 valence electrons. The SMILES string of the molecule is COc1ccnc2c1c(C#N)cn2C. The summed E-state index contributed by atoms with van der Waals surface area (Å²) in [4.78, 5) is 4.19. The molecule has 2 heterocycles. The first-order chi connectivity index (χ1) is 6.77. The van der Waals surface area contributed by atoms with Crippen LogP contribution in [0.25, 0.3) is 11.0 Å². The molecule has 0 fully saturated rings. The van der Waals surface area contributed by atoms with E-state index in [4.69, 9.17) is 10.00 Å². The summed E-state index contributed by atoms with van der Waals surface area (Å²) in [6.45, 7) is 0. The van der Waals surface area contributed by atoms with Gasteiger partial charge in [-0.25, -0.2) is 4.98 Å². The number of rotatable bonds is 1. The Balaban J connectivity index is 2.91. The van der Waals surface area contributed by atoms with Gasteiger partial charge in [0.1, 0.15) is 17.5 Å². The minimum Gasteiger partial charge on any atom is -0.496 e. The number of ether oxygens (including phenoxy) is 1. The molecule has 0 spiro atoms. The lowest BCUT2D eigenvalue weighted by atomic mass is 10.2. The van der Waals surface area contributed by atoms with Crippen LogP contribution in [0, 0.1) is 11.3 Å². The molecule has 0 aliphatic carbocycles. The maximum Gasteiger partial charge on any atom is 0.144 e. The molecular weight excluding hydrogens is 178 g/mol. The second-order valence-corrected chi connectivity index (χ2v) is 2.98. The van der Waals surface area contributed by atoms with Crippen LogP contribution < -0.4 is 4.74 Å². The van der Waals surface area contributed by atoms with Gasteiger partial charge < -0.3 is 9.30 Å². The van der Waals surface area contributed by atoms with E-state index >= 15 is 0 Å². The number of hydrogen-bond donors (Lipinski definition) is 0. The average Bonchev–Trinajstić information content (AvgIpc) is 2.56. The van der Waals surface area contributed by atoms with Crippen LogP contribution in [0.5, 0.6) is 5.75 Å². The largest absolute Gasteiger partial charge is 0.496 e. The molecule has 0 atom stereocenters. The predicted octanol–water partition coefficient (Wildman–Crippen LogP) is 1.45. The van der Waals surface area contributed by atoms with E-state index in [1.165, 1.54) is 0 Å². The highest BCUT2D eigenvalue weighted by atomic mass is 16.5. The Bertz CT molecular complexity index is 522. The highest BCUT2D eigenvalue weighted by Crippen LogP contribution is 2.27. The van der Waals surface area contributed by atoms with Crippen LogP contribution in [0.2, 0.25) is 0 Å². The minimum absolute atomic E-state index is 0.590. The summed E-state index contributed by atoms with van der Waals surface area (Å²) >= 11 is 0. The van der Waals surface area contributed by atoms with Crippen LogP contribution >= 0.6 is 0 Å². The van der Waals surface area contributed by atoms with Crippen LogP contribution in [0.1, 0.15) is 5.56 Å². The van der Waals surface area contributed by atoms with Crippen molar-refractivity contribution < 1.29 is 4.74 Å². The van der Waals surface area contributed by atoms with E-state index in [0.717, 1.165) is 11.0 Å². The smallest absolute Gasteiger partial charge is 0.144 e. The van der Waals surface area contributed by atoms with Gasteiger partial charge in [0.2, 0.25) is 0 Å². The number of hydrogen-bond acceptors (Lipinski definition) is 3. The fourth-order valence-electron chi connectivity index (χ4n) is 1.53. The molecule has 0 saturated carbocycles. The predicted molar refractivity (Wildman–Crippen MR) is 52.0 cm³/mol. The van der Waals surface area contributed by atoms with Crippen molar-refractivity contribution in [3.63, 3.8) is 0 Å². The molecule has 0 aliphatic heterocycles. The van der Waals surface area contributed by atoms with Gasteiger partial charge in [-0.2, -0.15) is 5.26 Å². The Labute approximate surface area is 81.4 Å². The molecule has 4 heteroatoms. The molecule has 2 aromatic heterocycles. The van der Waals surface area contributed by atoms with E-state index in [0.29, 0.717) is 11.3 Å². The number of pyridine rings is 1. The van der Waals surface area contributed by atoms with Crippen molar-refractivity contribution >= 4 is 11.0 Å². The maximum atomic E-state index is 8.92. The zero-order valence-electron chi connectivity index (χ0n) is 7.98. The Morgan fingerprint density at radius 3 is 3.00 bits per heavy atom. The number of fused-ring (bicyclic) bond motifs is 1. The van der Waals surface area contributed by atoms with E-state index < -0.39 is 0 Å². The molecule has 0 amide bonds. The molecule has 0 unspecified atom stereocenters. The Hall–Kier alpha value is -2.02. The highest BCUT2D eigenvalue weighted by molar-refractivity contribution is 5.89. The molecular formula is C10H9N3O. The zero-order valence-corrected chi connectivity index (χ0v) is 7.98. The molecule has 2 rings (SSSR count). The zero-order chi connectivity index (χ0) is 10.1. The van der Waals surface area contributed by atoms with Crippen molar-refractivity contribution in [2.45, 2.75) is 0 Å². The standard InChI is InChI=1S/C10H9N3O/c1-13-6-7(5-11)9-8(14-2)3-4-12-10(9)13/h3-4,6H,1-2H3. The van der Waals surface area contributed by atoms with Crippen molar-refractivity contribution in [3.8, 4) is 11.8 Å². The molecule has 0 radical (unpaired) electrons. The van der Waals surface area contributed by atoms with Gasteiger partial charge in [-0.05, 0) is 6.07 Å². The van der Waals surface area contributed by atoms with Gasteiger partial charge in [0.15, 0.2) is 0 Å². The number of nitriles is 1. The normalized spacial score (nSPS) is 10.1. The van der Waals surface area contributed by atoms with Gasteiger partial charge in [0.05, 0.1) is 18.1 Å². The summed E-state index contributed by atoms with van der Waals surface area (Å²) in [6.07, 6.45) is 3.42. The van der Waals surface area contributed by atoms with Crippen molar-refractivity contribution in [3.05, 3.63) is 24.0 Å². The van der Waals surface area contributed by atoms with Gasteiger partial charge in [-0.1, -0.05) is 0 Å². The average molecular weight is 187 g/mol. The molecule has 14 heavy (non-hydrogen) atoms. The third-order valence-electron chi connectivity index (χ3n) is 2.16. The first-order valence-electron chi connectivity index (χ1n) is 4.16. The first-order valence-corrected chi connectivity index (χ1v) is 4.16. The Morgan fingerprint density at radius 2 is 2.36 bits per heavy atom. The van der Waals surface area contributed by atoms with Crippen molar-refractivity contribution in [2.75, 3.05) is 7.11 Å². The summed E-state index contributed by atoms with van der Waals surface area (Å²) < 4.78 is 6.99. The van der Waals surface area contributed by atoms with Gasteiger partial charge in [-0.3, -0.25) is 0 Å². The summed E-state index contributed by atoms with van der Waals surface area (Å²) in [7, 11) is 3.44. The lowest BCUT2D eigenvalue weighted by Crippen LogP contribution is -1.89. The Morgan fingerprint density at radius 1 is 1.57 bits per heavy atom. The van der Waals surface area contributed by atoms with E-state index in [2.05, 4.69) is 11.1 Å². The third-order valence-corrected chi connectivity index (χ3v) is 2.16. The molecule has 0 saturated heterocycles. The van der Waals surface area contributed by atoms with Crippen molar-refractivity contribution in [1.29, 1.82) is 5.26 Å². The van der Waals surface area contributed by atoms with Crippen molar-refractivity contribution in [1.82, 2.24) is 9.55 Å². The van der Waals surface area contributed by atoms with E-state index in [1.807, 2.05) is 11.6 Å². The van der Waals surface area contributed by atoms with E-state index in [9.17, 15) is 0 Å². The monoisotopic (exact) mass is 187 g/mol. The fraction of sp³-hybridized carbons (Fsp3) is 0.200. The topological polar surface area (TPSA) is 50.8 Å². The summed E-state index contributed by atoms with van der Waals surface area (Å²) in [6, 6.07) is 3.88. The number of nitrogens with zero attached hydrogens (tertiary/aromatic N) is 3. The maximum absolute atomic E-state index is 8.92. The lowest BCUT2D eigenvalue weighted by Gasteiger charge is -2.01. The fourth-order valence-corrected chi connectivity index (χ4v) is 1.53. The summed E-state index contributed by atoms with van der Waals surface area (Å²) in [5.41, 5.74) is 1.35. The molecule has 0 aliphatic rings. The molecule has 0 bridgehead atoms. The van der Waals surface area contributed by atoms with Crippen LogP contribution in [0.3, 0.4) is 0 Å². The van der Waals surface area contributed by atoms with Gasteiger partial charge >= 0.3 is 0 Å². The first kappa shape index (κ1) is 8.57. The van der Waals surface area contributed by atoms with Gasteiger partial charge in [0, 0.05) is 19.4 Å². The highest BCUT2D eigenvalue weighted by Gasteiger charge is 2.11. The third kappa shape index (κ3) is 1.03. The van der Waals surface area contributed by atoms with Crippen molar-refractivity contribution in [2.24, 2.45) is 7.05 Å². The van der Waals surface area contributed by atoms with Gasteiger partial charge in [-0.15, -0.1) is 0 Å². The molecule has 0 aromatic carbocycles. The minimum atomic E-state index is 0.590. The molecule has 4 nitrogen and oxygen atoms in total. The number of methoxy groups -OCH3 is 1. The van der Waals surface area contributed by atoms with Crippen LogP contribution in [0.15, 0.2) is 18.5 Å².